The van der Waals surface area contributed by atoms with Gasteiger partial charge in [-0.15, -0.1) is 5.10 Å². The Morgan fingerprint density at radius 3 is 2.47 bits per heavy atom. The second-order valence-corrected chi connectivity index (χ2v) is 10.3. The maximum Gasteiger partial charge on any atom is 0.266 e. The first-order chi connectivity index (χ1) is 16.1. The Balaban J connectivity index is 0.000000180. The van der Waals surface area contributed by atoms with Crippen molar-refractivity contribution in [1.29, 1.82) is 0 Å². The number of sulfonamides is 1. The monoisotopic (exact) mass is 502 g/mol. The quantitative estimate of drug-likeness (QED) is 0.525. The van der Waals surface area contributed by atoms with Gasteiger partial charge in [-0.25, -0.2) is 35.5 Å². The van der Waals surface area contributed by atoms with Gasteiger partial charge in [0, 0.05) is 19.2 Å². The van der Waals surface area contributed by atoms with Crippen LogP contribution >= 0.6 is 0 Å². The van der Waals surface area contributed by atoms with Crippen LogP contribution in [0.1, 0.15) is 37.7 Å². The number of pyridine rings is 1. The number of nitrogen functional groups attached to an aromatic ring is 1. The molecule has 3 aromatic heterocycles. The number of fused-ring (bicyclic) bond motifs is 1. The first-order valence-corrected chi connectivity index (χ1v) is 12.0. The lowest BCUT2D eigenvalue weighted by Crippen LogP contribution is -2.43. The fourth-order valence-corrected chi connectivity index (χ4v) is 5.56. The molecule has 0 aromatic carbocycles. The third-order valence-electron chi connectivity index (χ3n) is 5.53. The molecule has 1 unspecified atom stereocenters. The van der Waals surface area contributed by atoms with Gasteiger partial charge in [0.05, 0.1) is 40.7 Å². The molecule has 4 heterocycles. The fraction of sp³-hybridized carbons (Fsp3) is 0.450. The van der Waals surface area contributed by atoms with Crippen LogP contribution in [0.3, 0.4) is 0 Å². The van der Waals surface area contributed by atoms with E-state index in [-0.39, 0.29) is 28.1 Å². The first kappa shape index (κ1) is 24.3. The third-order valence-corrected chi connectivity index (χ3v) is 7.90. The zero-order valence-corrected chi connectivity index (χ0v) is 18.6. The predicted molar refractivity (Wildman–Crippen MR) is 114 cm³/mol. The van der Waals surface area contributed by atoms with Crippen molar-refractivity contribution in [3.63, 3.8) is 0 Å². The maximum absolute atomic E-state index is 13.8. The fourth-order valence-electron chi connectivity index (χ4n) is 3.64. The minimum absolute atomic E-state index is 0.00363. The number of hydrogen-bond donors (Lipinski definition) is 2. The number of piperidine rings is 1. The van der Waals surface area contributed by atoms with Gasteiger partial charge < -0.3 is 10.8 Å². The van der Waals surface area contributed by atoms with E-state index in [0.29, 0.717) is 19.3 Å². The number of anilines is 1. The van der Waals surface area contributed by atoms with Crippen molar-refractivity contribution in [2.45, 2.75) is 43.5 Å². The van der Waals surface area contributed by atoms with Gasteiger partial charge in [0.2, 0.25) is 16.0 Å². The van der Waals surface area contributed by atoms with Gasteiger partial charge in [-0.05, 0) is 31.7 Å². The Morgan fingerprint density at radius 1 is 1.09 bits per heavy atom. The van der Waals surface area contributed by atoms with Gasteiger partial charge in [-0.2, -0.15) is 4.31 Å². The molecule has 1 aliphatic carbocycles. The minimum atomic E-state index is -3.05. The highest BCUT2D eigenvalue weighted by Gasteiger charge is 2.41. The van der Waals surface area contributed by atoms with Crippen LogP contribution in [0, 0.1) is 11.6 Å². The summed E-state index contributed by atoms with van der Waals surface area (Å²) < 4.78 is 78.4. The molecule has 184 valence electrons. The molecule has 5 rings (SSSR count). The summed E-state index contributed by atoms with van der Waals surface area (Å²) >= 11 is 0. The van der Waals surface area contributed by atoms with Crippen LogP contribution in [0.25, 0.3) is 16.9 Å². The SMILES string of the molecule is Nc1ncc2c(F)cc(-c3cc(C(F)F)c(F)cn3)n2n1.O=S(=O)(C1CC1)N1CCCC(O)C1. The smallest absolute Gasteiger partial charge is 0.266 e. The van der Waals surface area contributed by atoms with E-state index in [4.69, 9.17) is 5.73 Å². The van der Waals surface area contributed by atoms with Gasteiger partial charge in [0.1, 0.15) is 11.3 Å². The average molecular weight is 502 g/mol. The summed E-state index contributed by atoms with van der Waals surface area (Å²) in [7, 11) is -3.05. The van der Waals surface area contributed by atoms with E-state index in [1.54, 1.807) is 0 Å². The lowest BCUT2D eigenvalue weighted by molar-refractivity contribution is 0.108. The van der Waals surface area contributed by atoms with Crippen LogP contribution in [-0.2, 0) is 10.0 Å². The van der Waals surface area contributed by atoms with Gasteiger partial charge >= 0.3 is 0 Å². The number of halogens is 4. The molecule has 0 bridgehead atoms. The van der Waals surface area contributed by atoms with Crippen LogP contribution in [-0.4, -0.2) is 61.9 Å². The van der Waals surface area contributed by atoms with Gasteiger partial charge in [-0.1, -0.05) is 0 Å². The van der Waals surface area contributed by atoms with E-state index in [9.17, 15) is 31.1 Å². The van der Waals surface area contributed by atoms with E-state index in [1.165, 1.54) is 4.31 Å². The molecule has 1 atom stereocenters. The van der Waals surface area contributed by atoms with E-state index in [1.807, 2.05) is 0 Å². The van der Waals surface area contributed by atoms with Crippen LogP contribution < -0.4 is 5.73 Å². The van der Waals surface area contributed by atoms with E-state index < -0.39 is 39.8 Å². The molecule has 3 N–H and O–H groups in total. The average Bonchev–Trinajstić information content (AvgIpc) is 3.60. The molecule has 1 saturated heterocycles. The summed E-state index contributed by atoms with van der Waals surface area (Å²) in [5, 5.41) is 13.0. The van der Waals surface area contributed by atoms with E-state index in [2.05, 4.69) is 15.1 Å². The van der Waals surface area contributed by atoms with Crippen LogP contribution in [0.4, 0.5) is 23.5 Å². The molecule has 14 heteroatoms. The Morgan fingerprint density at radius 2 is 1.82 bits per heavy atom. The number of aliphatic hydroxyl groups excluding tert-OH is 1. The molecule has 2 fully saturated rings. The van der Waals surface area contributed by atoms with Crippen molar-refractivity contribution in [3.8, 4) is 11.4 Å². The largest absolute Gasteiger partial charge is 0.392 e. The number of aromatic nitrogens is 4. The predicted octanol–water partition coefficient (Wildman–Crippen LogP) is 2.52. The van der Waals surface area contributed by atoms with Crippen LogP contribution in [0.2, 0.25) is 0 Å². The Bertz CT molecular complexity index is 1300. The highest BCUT2D eigenvalue weighted by Crippen LogP contribution is 2.32. The second-order valence-electron chi connectivity index (χ2n) is 8.08. The van der Waals surface area contributed by atoms with E-state index in [0.717, 1.165) is 48.5 Å². The number of nitrogens with zero attached hydrogens (tertiary/aromatic N) is 5. The lowest BCUT2D eigenvalue weighted by atomic mass is 10.1. The molecule has 9 nitrogen and oxygen atoms in total. The van der Waals surface area contributed by atoms with Crippen LogP contribution in [0.15, 0.2) is 24.5 Å². The second kappa shape index (κ2) is 9.43. The normalized spacial score (nSPS) is 19.3. The van der Waals surface area contributed by atoms with E-state index >= 15 is 0 Å². The summed E-state index contributed by atoms with van der Waals surface area (Å²) in [5.74, 6) is -1.94. The number of alkyl halides is 2. The van der Waals surface area contributed by atoms with Crippen molar-refractivity contribution in [3.05, 3.63) is 41.7 Å². The maximum atomic E-state index is 13.8. The summed E-state index contributed by atoms with van der Waals surface area (Å²) in [4.78, 5) is 7.33. The molecule has 34 heavy (non-hydrogen) atoms. The first-order valence-electron chi connectivity index (χ1n) is 10.5. The summed E-state index contributed by atoms with van der Waals surface area (Å²) in [6.45, 7) is 0.898. The molecule has 1 aliphatic heterocycles. The number of nitrogens with two attached hydrogens (primary N) is 1. The summed E-state index contributed by atoms with van der Waals surface area (Å²) in [6.07, 6.45) is 1.45. The molecule has 0 radical (unpaired) electrons. The van der Waals surface area contributed by atoms with Gasteiger partial charge in [0.25, 0.3) is 6.43 Å². The van der Waals surface area contributed by atoms with Gasteiger partial charge in [0.15, 0.2) is 5.82 Å². The molecular formula is C20H22F4N6O3S. The molecular weight excluding hydrogens is 480 g/mol. The molecule has 2 aliphatic rings. The molecule has 0 amide bonds. The van der Waals surface area contributed by atoms with Crippen molar-refractivity contribution in [2.24, 2.45) is 0 Å². The van der Waals surface area contributed by atoms with Gasteiger partial charge in [-0.3, -0.25) is 4.98 Å². The highest BCUT2D eigenvalue weighted by molar-refractivity contribution is 7.90. The topological polar surface area (TPSA) is 127 Å². The number of rotatable bonds is 4. The van der Waals surface area contributed by atoms with Crippen molar-refractivity contribution >= 4 is 21.5 Å². The van der Waals surface area contributed by atoms with Crippen molar-refractivity contribution < 1.29 is 31.1 Å². The molecule has 0 spiro atoms. The lowest BCUT2D eigenvalue weighted by Gasteiger charge is -2.29. The summed E-state index contributed by atoms with van der Waals surface area (Å²) in [6, 6.07) is 1.89. The highest BCUT2D eigenvalue weighted by atomic mass is 32.2. The standard InChI is InChI=1S/C12H7F4N5.C8H15NO3S/c13-6-2-9(21-10(6)4-19-12(17)20-21)8-1-5(11(15)16)7(14)3-18-8;10-7-2-1-5-9(6-7)13(11,12)8-3-4-8/h1-4,11H,(H2,17,20);7-8,10H,1-6H2. The number of aliphatic hydroxyl groups is 1. The summed E-state index contributed by atoms with van der Waals surface area (Å²) in [5.41, 5.74) is 4.61. The number of hydrogen-bond acceptors (Lipinski definition) is 7. The van der Waals surface area contributed by atoms with Crippen molar-refractivity contribution in [1.82, 2.24) is 23.9 Å². The van der Waals surface area contributed by atoms with Crippen LogP contribution in [0.5, 0.6) is 0 Å². The zero-order chi connectivity index (χ0) is 24.6. The minimum Gasteiger partial charge on any atom is -0.392 e. The van der Waals surface area contributed by atoms with Crippen molar-refractivity contribution in [2.75, 3.05) is 18.8 Å². The molecule has 3 aromatic rings. The Hall–Kier alpha value is -2.84. The third kappa shape index (κ3) is 4.98. The Labute approximate surface area is 192 Å². The molecule has 1 saturated carbocycles. The number of β-amino-alcohol motifs (C(OH)–C–C–N with tert-alkyl or cyclic N) is 1. The Kier molecular flexibility index (Phi) is 6.73. The zero-order valence-electron chi connectivity index (χ0n) is 17.8.